The van der Waals surface area contributed by atoms with Gasteiger partial charge in [-0.05, 0) is 30.0 Å². The molecule has 2 rings (SSSR count). The molecule has 0 fully saturated rings. The average Bonchev–Trinajstić information content (AvgIpc) is 3.12. The maximum atomic E-state index is 11.9. The van der Waals surface area contributed by atoms with Crippen LogP contribution in [0.25, 0.3) is 0 Å². The van der Waals surface area contributed by atoms with E-state index in [2.05, 4.69) is 18.1 Å². The van der Waals surface area contributed by atoms with Gasteiger partial charge in [0.1, 0.15) is 12.3 Å². The number of methoxy groups -OCH3 is 1. The molecule has 0 saturated carbocycles. The Hall–Kier alpha value is -2.01. The van der Waals surface area contributed by atoms with Gasteiger partial charge in [-0.2, -0.15) is 27.1 Å². The zero-order chi connectivity index (χ0) is 18.9. The van der Waals surface area contributed by atoms with Crippen molar-refractivity contribution in [2.24, 2.45) is 5.10 Å². The van der Waals surface area contributed by atoms with Crippen LogP contribution in [0, 0.1) is 11.3 Å². The summed E-state index contributed by atoms with van der Waals surface area (Å²) in [6, 6.07) is 13.2. The second-order valence-electron chi connectivity index (χ2n) is 5.04. The minimum absolute atomic E-state index is 0.201. The summed E-state index contributed by atoms with van der Waals surface area (Å²) in [4.78, 5) is 14.1. The summed E-state index contributed by atoms with van der Waals surface area (Å²) in [6.45, 7) is 1.92. The van der Waals surface area contributed by atoms with E-state index < -0.39 is 6.09 Å². The van der Waals surface area contributed by atoms with Crippen LogP contribution in [0.4, 0.5) is 4.79 Å². The van der Waals surface area contributed by atoms with Crippen LogP contribution in [-0.2, 0) is 10.5 Å². The van der Waals surface area contributed by atoms with E-state index in [9.17, 15) is 4.79 Å². The number of rotatable bonds is 7. The summed E-state index contributed by atoms with van der Waals surface area (Å²) in [5, 5.41) is 15.0. The van der Waals surface area contributed by atoms with Crippen LogP contribution in [0.2, 0.25) is 5.02 Å². The van der Waals surface area contributed by atoms with Gasteiger partial charge in [0.05, 0.1) is 18.1 Å². The van der Waals surface area contributed by atoms with Gasteiger partial charge >= 0.3 is 6.09 Å². The van der Waals surface area contributed by atoms with Crippen molar-refractivity contribution < 1.29 is 9.53 Å². The van der Waals surface area contributed by atoms with Gasteiger partial charge in [-0.15, -0.1) is 11.3 Å². The van der Waals surface area contributed by atoms with Crippen LogP contribution in [0.1, 0.15) is 22.2 Å². The van der Waals surface area contributed by atoms with Crippen molar-refractivity contribution in [3.05, 3.63) is 56.7 Å². The number of nitrogens with zero attached hydrogens (tertiary/aromatic N) is 3. The quantitative estimate of drug-likeness (QED) is 0.368. The minimum atomic E-state index is -0.684. The van der Waals surface area contributed by atoms with E-state index in [-0.39, 0.29) is 6.54 Å². The minimum Gasteiger partial charge on any atom is -0.451 e. The van der Waals surface area contributed by atoms with Crippen molar-refractivity contribution in [1.29, 1.82) is 5.26 Å². The van der Waals surface area contributed by atoms with Crippen LogP contribution >= 0.6 is 34.7 Å². The summed E-state index contributed by atoms with van der Waals surface area (Å²) in [6.07, 6.45) is -0.684. The predicted molar refractivity (Wildman–Crippen MR) is 108 cm³/mol. The van der Waals surface area contributed by atoms with Gasteiger partial charge in [0.25, 0.3) is 0 Å². The fourth-order valence-electron chi connectivity index (χ4n) is 2.08. The molecule has 1 amide bonds. The molecule has 1 aromatic heterocycles. The van der Waals surface area contributed by atoms with E-state index >= 15 is 0 Å². The molecule has 0 N–H and O–H groups in total. The number of hydrogen-bond acceptors (Lipinski definition) is 6. The van der Waals surface area contributed by atoms with E-state index in [1.807, 2.05) is 36.0 Å². The Kier molecular flexibility index (Phi) is 7.98. The third-order valence-corrected chi connectivity index (χ3v) is 5.74. The number of carbonyl (C=O) groups excluding carboxylic acids is 1. The van der Waals surface area contributed by atoms with Crippen LogP contribution in [0.15, 0.2) is 41.5 Å². The third-order valence-electron chi connectivity index (χ3n) is 3.29. The lowest BCUT2D eigenvalue weighted by Crippen LogP contribution is -2.28. The molecule has 0 bridgehead atoms. The Morgan fingerprint density at radius 3 is 2.69 bits per heavy atom. The van der Waals surface area contributed by atoms with Gasteiger partial charge in [-0.1, -0.05) is 30.7 Å². The number of hydrazone groups is 1. The predicted octanol–water partition coefficient (Wildman–Crippen LogP) is 5.00. The standard InChI is InChI=1S/C18H18ClN3O2S2/c1-3-25-12-15-8-9-16(26-15)17(13-4-6-14(19)7-5-13)21-22(11-10-20)18(23)24-2/h4-9H,3,11-12H2,1-2H3. The monoisotopic (exact) mass is 407 g/mol. The van der Waals surface area contributed by atoms with Crippen molar-refractivity contribution in [2.75, 3.05) is 19.4 Å². The molecular formula is C18H18ClN3O2S2. The highest BCUT2D eigenvalue weighted by Gasteiger charge is 2.17. The van der Waals surface area contributed by atoms with Gasteiger partial charge in [0.2, 0.25) is 0 Å². The van der Waals surface area contributed by atoms with Crippen LogP contribution in [0.5, 0.6) is 0 Å². The number of ether oxygens (including phenoxy) is 1. The Bertz CT molecular complexity index is 813. The summed E-state index contributed by atoms with van der Waals surface area (Å²) in [5.74, 6) is 1.97. The van der Waals surface area contributed by atoms with Gasteiger partial charge in [-0.3, -0.25) is 0 Å². The molecule has 1 aromatic carbocycles. The second kappa shape index (κ2) is 10.2. The van der Waals surface area contributed by atoms with Gasteiger partial charge < -0.3 is 4.74 Å². The number of halogens is 1. The molecule has 0 saturated heterocycles. The molecule has 0 aliphatic carbocycles. The molecule has 8 heteroatoms. The van der Waals surface area contributed by atoms with Crippen LogP contribution < -0.4 is 0 Å². The fraction of sp³-hybridized carbons (Fsp3) is 0.278. The van der Waals surface area contributed by atoms with E-state index in [0.29, 0.717) is 10.7 Å². The number of amides is 1. The molecule has 2 aromatic rings. The topological polar surface area (TPSA) is 65.7 Å². The lowest BCUT2D eigenvalue weighted by molar-refractivity contribution is 0.130. The molecule has 0 radical (unpaired) electrons. The maximum absolute atomic E-state index is 11.9. The molecule has 0 unspecified atom stereocenters. The molecule has 5 nitrogen and oxygen atoms in total. The molecule has 136 valence electrons. The SMILES string of the molecule is CCSCc1ccc(C(=NN(CC#N)C(=O)OC)c2ccc(Cl)cc2)s1. The smallest absolute Gasteiger partial charge is 0.431 e. The van der Waals surface area contributed by atoms with Crippen LogP contribution in [-0.4, -0.2) is 36.2 Å². The fourth-order valence-corrected chi connectivity index (χ4v) is 4.00. The van der Waals surface area contributed by atoms with E-state index in [1.54, 1.807) is 23.5 Å². The second-order valence-corrected chi connectivity index (χ2v) is 7.92. The summed E-state index contributed by atoms with van der Waals surface area (Å²) in [7, 11) is 1.26. The van der Waals surface area contributed by atoms with Gasteiger partial charge in [0.15, 0.2) is 0 Å². The first-order chi connectivity index (χ1) is 12.6. The molecule has 0 spiro atoms. The van der Waals surface area contributed by atoms with E-state index in [0.717, 1.165) is 27.0 Å². The van der Waals surface area contributed by atoms with Gasteiger partial charge in [-0.25, -0.2) is 4.79 Å². The summed E-state index contributed by atoms with van der Waals surface area (Å²) in [5.41, 5.74) is 1.40. The first kappa shape index (κ1) is 20.3. The highest BCUT2D eigenvalue weighted by Crippen LogP contribution is 2.25. The normalized spacial score (nSPS) is 11.1. The Morgan fingerprint density at radius 2 is 2.08 bits per heavy atom. The number of benzene rings is 1. The summed E-state index contributed by atoms with van der Waals surface area (Å²) >= 11 is 9.44. The molecule has 0 aliphatic rings. The van der Waals surface area contributed by atoms with E-state index in [4.69, 9.17) is 21.6 Å². The highest BCUT2D eigenvalue weighted by molar-refractivity contribution is 7.98. The first-order valence-corrected chi connectivity index (χ1v) is 10.2. The van der Waals surface area contributed by atoms with Crippen molar-refractivity contribution in [1.82, 2.24) is 5.01 Å². The first-order valence-electron chi connectivity index (χ1n) is 7.82. The highest BCUT2D eigenvalue weighted by atomic mass is 35.5. The number of hydrogen-bond donors (Lipinski definition) is 0. The zero-order valence-corrected chi connectivity index (χ0v) is 16.8. The third kappa shape index (κ3) is 5.49. The lowest BCUT2D eigenvalue weighted by Gasteiger charge is -2.14. The molecule has 0 atom stereocenters. The van der Waals surface area contributed by atoms with Crippen molar-refractivity contribution in [3.8, 4) is 6.07 Å². The van der Waals surface area contributed by atoms with E-state index in [1.165, 1.54) is 12.0 Å². The number of thiophene rings is 1. The zero-order valence-electron chi connectivity index (χ0n) is 14.4. The van der Waals surface area contributed by atoms with Crippen LogP contribution in [0.3, 0.4) is 0 Å². The van der Waals surface area contributed by atoms with Crippen molar-refractivity contribution >= 4 is 46.5 Å². The maximum Gasteiger partial charge on any atom is 0.431 e. The molecule has 26 heavy (non-hydrogen) atoms. The lowest BCUT2D eigenvalue weighted by atomic mass is 10.1. The number of thioether (sulfide) groups is 1. The average molecular weight is 408 g/mol. The van der Waals surface area contributed by atoms with Crippen molar-refractivity contribution in [3.63, 3.8) is 0 Å². The van der Waals surface area contributed by atoms with Crippen molar-refractivity contribution in [2.45, 2.75) is 12.7 Å². The molecule has 0 aliphatic heterocycles. The Labute approximate surface area is 166 Å². The Morgan fingerprint density at radius 1 is 1.35 bits per heavy atom. The summed E-state index contributed by atoms with van der Waals surface area (Å²) < 4.78 is 4.72. The molecular weight excluding hydrogens is 390 g/mol. The largest absolute Gasteiger partial charge is 0.451 e. The number of carbonyl (C=O) groups is 1. The number of nitriles is 1. The van der Waals surface area contributed by atoms with Gasteiger partial charge in [0, 0.05) is 21.2 Å². The Balaban J connectivity index is 2.46. The molecule has 1 heterocycles.